The van der Waals surface area contributed by atoms with Gasteiger partial charge in [0, 0.05) is 23.4 Å². The molecule has 24 heavy (non-hydrogen) atoms. The van der Waals surface area contributed by atoms with Crippen molar-refractivity contribution >= 4 is 12.0 Å². The predicted molar refractivity (Wildman–Crippen MR) is 93.3 cm³/mol. The van der Waals surface area contributed by atoms with E-state index in [2.05, 4.69) is 23.2 Å². The van der Waals surface area contributed by atoms with Crippen molar-refractivity contribution in [3.8, 4) is 11.1 Å². The van der Waals surface area contributed by atoms with Crippen LogP contribution in [0.2, 0.25) is 0 Å². The molecule has 1 aliphatic rings. The van der Waals surface area contributed by atoms with Crippen molar-refractivity contribution in [1.29, 1.82) is 0 Å². The van der Waals surface area contributed by atoms with Crippen molar-refractivity contribution in [2.75, 3.05) is 0 Å². The Balaban J connectivity index is 1.95. The molecule has 2 heterocycles. The van der Waals surface area contributed by atoms with Crippen LogP contribution >= 0.6 is 0 Å². The molecule has 3 rings (SSSR count). The van der Waals surface area contributed by atoms with Crippen molar-refractivity contribution in [3.05, 3.63) is 59.4 Å². The highest BCUT2D eigenvalue weighted by Crippen LogP contribution is 2.28. The Morgan fingerprint density at radius 1 is 1.25 bits per heavy atom. The second kappa shape index (κ2) is 6.97. The molecule has 1 N–H and O–H groups in total. The highest BCUT2D eigenvalue weighted by Gasteiger charge is 2.25. The standard InChI is InChI=1S/C20H21NO3/c1-13-10-19(15-6-4-3-5-7-15)18(14(2)21-13)9-8-17-11-16(22)12-20(23)24-17/h3-10,16-17,22H,11-12H2,1-2H3/t16-,17-/m0/s1. The van der Waals surface area contributed by atoms with Gasteiger partial charge in [0.15, 0.2) is 0 Å². The van der Waals surface area contributed by atoms with Crippen LogP contribution in [-0.4, -0.2) is 28.3 Å². The number of benzene rings is 1. The minimum atomic E-state index is -0.633. The number of pyridine rings is 1. The Hall–Kier alpha value is -2.46. The van der Waals surface area contributed by atoms with Crippen molar-refractivity contribution in [2.24, 2.45) is 0 Å². The molecule has 0 aliphatic carbocycles. The van der Waals surface area contributed by atoms with E-state index >= 15 is 0 Å². The van der Waals surface area contributed by atoms with Crippen LogP contribution in [0.1, 0.15) is 29.8 Å². The fourth-order valence-electron chi connectivity index (χ4n) is 3.04. The van der Waals surface area contributed by atoms with E-state index in [4.69, 9.17) is 4.74 Å². The number of hydrogen-bond acceptors (Lipinski definition) is 4. The molecule has 2 aromatic rings. The summed E-state index contributed by atoms with van der Waals surface area (Å²) in [6.45, 7) is 3.95. The number of aliphatic hydroxyl groups excluding tert-OH is 1. The number of cyclic esters (lactones) is 1. The Morgan fingerprint density at radius 2 is 2.00 bits per heavy atom. The molecule has 1 aliphatic heterocycles. The van der Waals surface area contributed by atoms with Crippen molar-refractivity contribution in [3.63, 3.8) is 0 Å². The van der Waals surface area contributed by atoms with Gasteiger partial charge in [-0.2, -0.15) is 0 Å². The van der Waals surface area contributed by atoms with Crippen LogP contribution in [0.15, 0.2) is 42.5 Å². The van der Waals surface area contributed by atoms with Gasteiger partial charge in [-0.25, -0.2) is 0 Å². The lowest BCUT2D eigenvalue weighted by atomic mass is 9.97. The molecule has 4 nitrogen and oxygen atoms in total. The zero-order valence-electron chi connectivity index (χ0n) is 13.9. The number of ether oxygens (including phenoxy) is 1. The van der Waals surface area contributed by atoms with Gasteiger partial charge in [0.05, 0.1) is 12.5 Å². The van der Waals surface area contributed by atoms with Crippen LogP contribution in [-0.2, 0) is 9.53 Å². The molecule has 1 saturated heterocycles. The van der Waals surface area contributed by atoms with Crippen LogP contribution in [0.3, 0.4) is 0 Å². The molecule has 0 spiro atoms. The topological polar surface area (TPSA) is 59.4 Å². The first-order valence-corrected chi connectivity index (χ1v) is 8.12. The second-order valence-corrected chi connectivity index (χ2v) is 6.16. The van der Waals surface area contributed by atoms with Gasteiger partial charge >= 0.3 is 5.97 Å². The minimum Gasteiger partial charge on any atom is -0.458 e. The monoisotopic (exact) mass is 323 g/mol. The van der Waals surface area contributed by atoms with Crippen molar-refractivity contribution in [2.45, 2.75) is 38.9 Å². The summed E-state index contributed by atoms with van der Waals surface area (Å²) in [5.74, 6) is -0.356. The third-order valence-corrected chi connectivity index (χ3v) is 4.13. The lowest BCUT2D eigenvalue weighted by Crippen LogP contribution is -2.31. The molecule has 4 heteroatoms. The maximum absolute atomic E-state index is 11.5. The molecule has 1 fully saturated rings. The van der Waals surface area contributed by atoms with Gasteiger partial charge in [-0.3, -0.25) is 9.78 Å². The summed E-state index contributed by atoms with van der Waals surface area (Å²) in [5, 5.41) is 9.72. The smallest absolute Gasteiger partial charge is 0.309 e. The van der Waals surface area contributed by atoms with E-state index in [-0.39, 0.29) is 12.4 Å². The Labute approximate surface area is 141 Å². The van der Waals surface area contributed by atoms with E-state index in [1.807, 2.05) is 44.2 Å². The largest absolute Gasteiger partial charge is 0.458 e. The van der Waals surface area contributed by atoms with E-state index < -0.39 is 12.2 Å². The summed E-state index contributed by atoms with van der Waals surface area (Å²) < 4.78 is 5.28. The Morgan fingerprint density at radius 3 is 2.71 bits per heavy atom. The van der Waals surface area contributed by atoms with Gasteiger partial charge in [0.2, 0.25) is 0 Å². The van der Waals surface area contributed by atoms with Gasteiger partial charge < -0.3 is 9.84 Å². The number of hydrogen-bond donors (Lipinski definition) is 1. The van der Waals surface area contributed by atoms with Crippen molar-refractivity contribution < 1.29 is 14.6 Å². The van der Waals surface area contributed by atoms with Crippen LogP contribution in [0.25, 0.3) is 17.2 Å². The maximum Gasteiger partial charge on any atom is 0.309 e. The molecular formula is C20H21NO3. The molecule has 0 unspecified atom stereocenters. The van der Waals surface area contributed by atoms with Gasteiger partial charge in [-0.1, -0.05) is 36.4 Å². The molecule has 0 bridgehead atoms. The zero-order valence-corrected chi connectivity index (χ0v) is 13.9. The number of aliphatic hydroxyl groups is 1. The van der Waals surface area contributed by atoms with Gasteiger partial charge in [0.1, 0.15) is 6.10 Å². The van der Waals surface area contributed by atoms with Crippen molar-refractivity contribution in [1.82, 2.24) is 4.98 Å². The third-order valence-electron chi connectivity index (χ3n) is 4.13. The highest BCUT2D eigenvalue weighted by molar-refractivity contribution is 5.77. The van der Waals surface area contributed by atoms with E-state index in [0.29, 0.717) is 6.42 Å². The number of esters is 1. The van der Waals surface area contributed by atoms with Crippen LogP contribution in [0.4, 0.5) is 0 Å². The summed E-state index contributed by atoms with van der Waals surface area (Å²) in [6, 6.07) is 12.2. The summed E-state index contributed by atoms with van der Waals surface area (Å²) in [4.78, 5) is 16.0. The van der Waals surface area contributed by atoms with Crippen LogP contribution in [0, 0.1) is 13.8 Å². The SMILES string of the molecule is Cc1cc(-c2ccccc2)c(C=C[C@H]2C[C@H](O)CC(=O)O2)c(C)n1. The van der Waals surface area contributed by atoms with Crippen LogP contribution < -0.4 is 0 Å². The van der Waals surface area contributed by atoms with Crippen LogP contribution in [0.5, 0.6) is 0 Å². The third kappa shape index (κ3) is 3.71. The molecule has 2 atom stereocenters. The fourth-order valence-corrected chi connectivity index (χ4v) is 3.04. The Kier molecular flexibility index (Phi) is 4.76. The first kappa shape index (κ1) is 16.4. The van der Waals surface area contributed by atoms with Gasteiger partial charge in [0.25, 0.3) is 0 Å². The average molecular weight is 323 g/mol. The fraction of sp³-hybridized carbons (Fsp3) is 0.300. The zero-order chi connectivity index (χ0) is 17.1. The normalized spacial score (nSPS) is 21.0. The number of carbonyl (C=O) groups is 1. The molecule has 1 aromatic carbocycles. The predicted octanol–water partition coefficient (Wildman–Crippen LogP) is 3.45. The average Bonchev–Trinajstić information content (AvgIpc) is 2.53. The summed E-state index contributed by atoms with van der Waals surface area (Å²) in [5.41, 5.74) is 5.10. The second-order valence-electron chi connectivity index (χ2n) is 6.16. The minimum absolute atomic E-state index is 0.0741. The van der Waals surface area contributed by atoms with Gasteiger partial charge in [-0.05, 0) is 37.1 Å². The molecule has 0 radical (unpaired) electrons. The number of carbonyl (C=O) groups excluding carboxylic acids is 1. The van der Waals surface area contributed by atoms with E-state index in [9.17, 15) is 9.90 Å². The maximum atomic E-state index is 11.5. The lowest BCUT2D eigenvalue weighted by molar-refractivity contribution is -0.156. The summed E-state index contributed by atoms with van der Waals surface area (Å²) >= 11 is 0. The summed E-state index contributed by atoms with van der Waals surface area (Å²) in [6.07, 6.45) is 3.26. The quantitative estimate of drug-likeness (QED) is 0.879. The number of aromatic nitrogens is 1. The molecule has 1 aromatic heterocycles. The molecule has 0 saturated carbocycles. The molecular weight excluding hydrogens is 302 g/mol. The highest BCUT2D eigenvalue weighted by atomic mass is 16.5. The first-order valence-electron chi connectivity index (χ1n) is 8.12. The number of rotatable bonds is 3. The molecule has 0 amide bonds. The van der Waals surface area contributed by atoms with Gasteiger partial charge in [-0.15, -0.1) is 0 Å². The van der Waals surface area contributed by atoms with E-state index in [1.54, 1.807) is 0 Å². The Bertz CT molecular complexity index is 768. The number of aryl methyl sites for hydroxylation is 2. The summed E-state index contributed by atoms with van der Waals surface area (Å²) in [7, 11) is 0. The van der Waals surface area contributed by atoms with E-state index in [1.165, 1.54) is 0 Å². The lowest BCUT2D eigenvalue weighted by Gasteiger charge is -2.23. The van der Waals surface area contributed by atoms with E-state index in [0.717, 1.165) is 28.1 Å². The molecule has 124 valence electrons. The number of nitrogens with zero attached hydrogens (tertiary/aromatic N) is 1. The first-order chi connectivity index (χ1) is 11.5.